The van der Waals surface area contributed by atoms with Crippen molar-refractivity contribution in [2.75, 3.05) is 14.2 Å². The van der Waals surface area contributed by atoms with Crippen LogP contribution in [0.1, 0.15) is 12.8 Å². The van der Waals surface area contributed by atoms with Crippen molar-refractivity contribution in [1.82, 2.24) is 0 Å². The van der Waals surface area contributed by atoms with Crippen LogP contribution in [-0.4, -0.2) is 28.6 Å². The summed E-state index contributed by atoms with van der Waals surface area (Å²) in [6.45, 7) is 0. The highest BCUT2D eigenvalue weighted by Gasteiger charge is 2.46. The van der Waals surface area contributed by atoms with Crippen LogP contribution < -0.4 is 0 Å². The van der Waals surface area contributed by atoms with E-state index < -0.39 is 15.8 Å². The summed E-state index contributed by atoms with van der Waals surface area (Å²) >= 11 is 0. The molecule has 0 spiro atoms. The van der Waals surface area contributed by atoms with Crippen LogP contribution in [0.2, 0.25) is 0 Å². The highest BCUT2D eigenvalue weighted by Crippen LogP contribution is 2.49. The van der Waals surface area contributed by atoms with Gasteiger partial charge < -0.3 is 9.47 Å². The van der Waals surface area contributed by atoms with E-state index in [1.807, 2.05) is 0 Å². The number of carbonyl (C=O) groups is 1. The van der Waals surface area contributed by atoms with E-state index in [1.165, 1.54) is 7.11 Å². The normalized spacial score (nSPS) is 23.5. The third-order valence-electron chi connectivity index (χ3n) is 4.49. The Bertz CT molecular complexity index is 790. The third-order valence-corrected chi connectivity index (χ3v) is 6.44. The fourth-order valence-corrected chi connectivity index (χ4v) is 5.04. The first kappa shape index (κ1) is 15.8. The maximum Gasteiger partial charge on any atom is 0.309 e. The molecule has 0 heterocycles. The van der Waals surface area contributed by atoms with Crippen LogP contribution in [0.15, 0.2) is 57.5 Å². The molecule has 1 aromatic rings. The summed E-state index contributed by atoms with van der Waals surface area (Å²) in [6, 6.07) is 8.28. The summed E-state index contributed by atoms with van der Waals surface area (Å²) in [5, 5.41) is 0. The molecule has 0 saturated carbocycles. The van der Waals surface area contributed by atoms with Crippen molar-refractivity contribution < 1.29 is 22.7 Å². The highest BCUT2D eigenvalue weighted by molar-refractivity contribution is 7.95. The minimum absolute atomic E-state index is 0.178. The number of fused-ring (bicyclic) bond motifs is 1. The molecule has 2 atom stereocenters. The molecule has 122 valence electrons. The van der Waals surface area contributed by atoms with E-state index in [-0.39, 0.29) is 23.2 Å². The van der Waals surface area contributed by atoms with Crippen LogP contribution >= 0.6 is 0 Å². The van der Waals surface area contributed by atoms with Crippen molar-refractivity contribution in [2.45, 2.75) is 17.7 Å². The number of hydrogen-bond acceptors (Lipinski definition) is 5. The second-order valence-electron chi connectivity index (χ2n) is 5.65. The standard InChI is InChI=1S/C17H18O5S/c1-21-11-8-13-14(9-11)16(10-15(13)17(18)22-2)23(19,20)12-6-4-3-5-7-12/h3-7,9,13,15H,8,10H2,1-2H3. The molecular weight excluding hydrogens is 316 g/mol. The van der Waals surface area contributed by atoms with Gasteiger partial charge in [-0.05, 0) is 30.2 Å². The number of rotatable bonds is 4. The van der Waals surface area contributed by atoms with Gasteiger partial charge in [0, 0.05) is 12.3 Å². The zero-order valence-electron chi connectivity index (χ0n) is 13.0. The lowest BCUT2D eigenvalue weighted by molar-refractivity contribution is -0.146. The van der Waals surface area contributed by atoms with E-state index in [1.54, 1.807) is 43.5 Å². The molecule has 2 aliphatic rings. The first-order chi connectivity index (χ1) is 11.0. The number of esters is 1. The molecule has 0 amide bonds. The van der Waals surface area contributed by atoms with Gasteiger partial charge in [0.25, 0.3) is 0 Å². The number of ether oxygens (including phenoxy) is 2. The average Bonchev–Trinajstić information content (AvgIpc) is 3.13. The van der Waals surface area contributed by atoms with E-state index in [0.29, 0.717) is 22.7 Å². The van der Waals surface area contributed by atoms with Crippen molar-refractivity contribution in [1.29, 1.82) is 0 Å². The topological polar surface area (TPSA) is 69.7 Å². The second-order valence-corrected chi connectivity index (χ2v) is 7.63. The number of hydrogen-bond donors (Lipinski definition) is 0. The third kappa shape index (κ3) is 2.57. The van der Waals surface area contributed by atoms with Crippen molar-refractivity contribution in [2.24, 2.45) is 11.8 Å². The van der Waals surface area contributed by atoms with Gasteiger partial charge in [0.2, 0.25) is 9.84 Å². The zero-order chi connectivity index (χ0) is 16.6. The Morgan fingerprint density at radius 3 is 2.43 bits per heavy atom. The smallest absolute Gasteiger partial charge is 0.309 e. The second kappa shape index (κ2) is 5.85. The Morgan fingerprint density at radius 1 is 1.13 bits per heavy atom. The van der Waals surface area contributed by atoms with Crippen LogP contribution in [0.25, 0.3) is 0 Å². The first-order valence-corrected chi connectivity index (χ1v) is 8.83. The van der Waals surface area contributed by atoms with E-state index in [4.69, 9.17) is 9.47 Å². The highest BCUT2D eigenvalue weighted by atomic mass is 32.2. The SMILES string of the molecule is COC(=O)C1CC(S(=O)(=O)c2ccccc2)=C2C=C(OC)CC21. The van der Waals surface area contributed by atoms with Gasteiger partial charge in [0.1, 0.15) is 0 Å². The number of allylic oxidation sites excluding steroid dienone is 4. The molecule has 23 heavy (non-hydrogen) atoms. The van der Waals surface area contributed by atoms with Crippen LogP contribution in [0.5, 0.6) is 0 Å². The number of sulfone groups is 1. The molecule has 0 bridgehead atoms. The fraction of sp³-hybridized carbons (Fsp3) is 0.353. The predicted octanol–water partition coefficient (Wildman–Crippen LogP) is 2.46. The van der Waals surface area contributed by atoms with Gasteiger partial charge in [-0.3, -0.25) is 4.79 Å². The van der Waals surface area contributed by atoms with E-state index in [9.17, 15) is 13.2 Å². The minimum Gasteiger partial charge on any atom is -0.501 e. The lowest BCUT2D eigenvalue weighted by atomic mass is 9.92. The van der Waals surface area contributed by atoms with Crippen LogP contribution in [0.4, 0.5) is 0 Å². The van der Waals surface area contributed by atoms with Crippen molar-refractivity contribution >= 4 is 15.8 Å². The summed E-state index contributed by atoms with van der Waals surface area (Å²) in [5.41, 5.74) is 0.682. The lowest BCUT2D eigenvalue weighted by Crippen LogP contribution is -2.21. The predicted molar refractivity (Wildman–Crippen MR) is 84.0 cm³/mol. The quantitative estimate of drug-likeness (QED) is 0.791. The summed E-state index contributed by atoms with van der Waals surface area (Å²) in [5.74, 6) is -0.353. The molecule has 0 fully saturated rings. The van der Waals surface area contributed by atoms with E-state index in [0.717, 1.165) is 0 Å². The molecule has 0 N–H and O–H groups in total. The van der Waals surface area contributed by atoms with Gasteiger partial charge in [0.05, 0.1) is 35.7 Å². The first-order valence-electron chi connectivity index (χ1n) is 7.34. The number of benzene rings is 1. The monoisotopic (exact) mass is 334 g/mol. The molecule has 2 unspecified atom stereocenters. The average molecular weight is 334 g/mol. The Kier molecular flexibility index (Phi) is 4.02. The maximum absolute atomic E-state index is 12.9. The molecule has 5 nitrogen and oxygen atoms in total. The van der Waals surface area contributed by atoms with Crippen LogP contribution in [0.3, 0.4) is 0 Å². The largest absolute Gasteiger partial charge is 0.501 e. The molecule has 0 radical (unpaired) electrons. The van der Waals surface area contributed by atoms with Gasteiger partial charge in [-0.2, -0.15) is 0 Å². The molecule has 0 saturated heterocycles. The zero-order valence-corrected chi connectivity index (χ0v) is 13.8. The van der Waals surface area contributed by atoms with Crippen LogP contribution in [-0.2, 0) is 24.1 Å². The maximum atomic E-state index is 12.9. The Hall–Kier alpha value is -2.08. The molecule has 0 aromatic heterocycles. The number of methoxy groups -OCH3 is 2. The summed E-state index contributed by atoms with van der Waals surface area (Å²) in [7, 11) is -0.755. The molecule has 6 heteroatoms. The Morgan fingerprint density at radius 2 is 1.83 bits per heavy atom. The van der Waals surface area contributed by atoms with Gasteiger partial charge in [0.15, 0.2) is 0 Å². The van der Waals surface area contributed by atoms with Crippen molar-refractivity contribution in [3.8, 4) is 0 Å². The lowest BCUT2D eigenvalue weighted by Gasteiger charge is -2.15. The van der Waals surface area contributed by atoms with Gasteiger partial charge in [-0.25, -0.2) is 8.42 Å². The molecule has 2 aliphatic carbocycles. The summed E-state index contributed by atoms with van der Waals surface area (Å²) in [6.07, 6.45) is 2.46. The van der Waals surface area contributed by atoms with Crippen LogP contribution in [0, 0.1) is 11.8 Å². The summed E-state index contributed by atoms with van der Waals surface area (Å²) < 4.78 is 36.0. The van der Waals surface area contributed by atoms with Crippen molar-refractivity contribution in [3.05, 3.63) is 52.6 Å². The molecule has 0 aliphatic heterocycles. The van der Waals surface area contributed by atoms with Gasteiger partial charge >= 0.3 is 5.97 Å². The Balaban J connectivity index is 2.08. The minimum atomic E-state index is -3.63. The molecular formula is C17H18O5S. The summed E-state index contributed by atoms with van der Waals surface area (Å²) in [4.78, 5) is 12.6. The van der Waals surface area contributed by atoms with Gasteiger partial charge in [-0.15, -0.1) is 0 Å². The fourth-order valence-electron chi connectivity index (χ4n) is 3.32. The molecule has 3 rings (SSSR count). The van der Waals surface area contributed by atoms with E-state index >= 15 is 0 Å². The number of carbonyl (C=O) groups excluding carboxylic acids is 1. The molecule has 1 aromatic carbocycles. The Labute approximate surface area is 135 Å². The van der Waals surface area contributed by atoms with E-state index in [2.05, 4.69) is 0 Å². The van der Waals surface area contributed by atoms with Crippen molar-refractivity contribution in [3.63, 3.8) is 0 Å². The van der Waals surface area contributed by atoms with Gasteiger partial charge in [-0.1, -0.05) is 18.2 Å².